The maximum Gasteiger partial charge on any atom is 0.251 e. The van der Waals surface area contributed by atoms with E-state index in [1.807, 2.05) is 0 Å². The summed E-state index contributed by atoms with van der Waals surface area (Å²) in [5.41, 5.74) is 0.264. The molecule has 5 nitrogen and oxygen atoms in total. The minimum absolute atomic E-state index is 0.118. The molecule has 0 saturated carbocycles. The summed E-state index contributed by atoms with van der Waals surface area (Å²) >= 11 is 0. The summed E-state index contributed by atoms with van der Waals surface area (Å²) in [6.45, 7) is 0.154. The zero-order valence-electron chi connectivity index (χ0n) is 13.7. The van der Waals surface area contributed by atoms with E-state index in [-0.39, 0.29) is 36.9 Å². The number of benzene rings is 2. The van der Waals surface area contributed by atoms with E-state index in [0.29, 0.717) is 0 Å². The minimum atomic E-state index is -0.469. The zero-order valence-corrected chi connectivity index (χ0v) is 13.7. The molecule has 0 unspecified atom stereocenters. The van der Waals surface area contributed by atoms with Crippen LogP contribution in [0.25, 0.3) is 0 Å². The molecular formula is C18H18F2N2O3. The summed E-state index contributed by atoms with van der Waals surface area (Å²) in [5.74, 6) is -1.59. The smallest absolute Gasteiger partial charge is 0.251 e. The average molecular weight is 348 g/mol. The van der Waals surface area contributed by atoms with Gasteiger partial charge in [-0.15, -0.1) is 0 Å². The number of nitrogens with zero attached hydrogens (tertiary/aromatic N) is 1. The first-order valence-electron chi connectivity index (χ1n) is 7.62. The van der Waals surface area contributed by atoms with Gasteiger partial charge in [0.15, 0.2) is 11.6 Å². The van der Waals surface area contributed by atoms with Gasteiger partial charge in [0.1, 0.15) is 12.4 Å². The van der Waals surface area contributed by atoms with Crippen molar-refractivity contribution in [3.05, 3.63) is 65.7 Å². The number of carbonyl (C=O) groups excluding carboxylic acids is 2. The molecule has 1 N–H and O–H groups in total. The molecule has 0 saturated heterocycles. The predicted molar refractivity (Wildman–Crippen MR) is 88.3 cm³/mol. The van der Waals surface area contributed by atoms with E-state index in [1.165, 1.54) is 41.3 Å². The van der Waals surface area contributed by atoms with Gasteiger partial charge in [0.2, 0.25) is 5.91 Å². The van der Waals surface area contributed by atoms with Crippen molar-refractivity contribution >= 4 is 11.8 Å². The van der Waals surface area contributed by atoms with Crippen molar-refractivity contribution in [2.45, 2.75) is 0 Å². The second-order valence-electron chi connectivity index (χ2n) is 5.28. The lowest BCUT2D eigenvalue weighted by molar-refractivity contribution is -0.129. The molecule has 0 bridgehead atoms. The van der Waals surface area contributed by atoms with E-state index >= 15 is 0 Å². The first kappa shape index (κ1) is 18.4. The number of likely N-dealkylation sites (N-methyl/N-ethyl adjacent to an activating group) is 1. The first-order valence-corrected chi connectivity index (χ1v) is 7.62. The number of halogens is 2. The molecule has 0 aliphatic carbocycles. The predicted octanol–water partition coefficient (Wildman–Crippen LogP) is 2.23. The Bertz CT molecular complexity index is 735. The second kappa shape index (κ2) is 8.77. The maximum atomic E-state index is 13.4. The van der Waals surface area contributed by atoms with Gasteiger partial charge in [-0.25, -0.2) is 8.78 Å². The van der Waals surface area contributed by atoms with E-state index in [1.54, 1.807) is 19.2 Å². The van der Waals surface area contributed by atoms with Crippen molar-refractivity contribution in [2.24, 2.45) is 0 Å². The van der Waals surface area contributed by atoms with Gasteiger partial charge in [-0.3, -0.25) is 9.59 Å². The van der Waals surface area contributed by atoms with Crippen molar-refractivity contribution in [3.63, 3.8) is 0 Å². The molecule has 2 aromatic carbocycles. The van der Waals surface area contributed by atoms with E-state index < -0.39 is 17.5 Å². The van der Waals surface area contributed by atoms with Gasteiger partial charge in [-0.05, 0) is 36.4 Å². The topological polar surface area (TPSA) is 58.6 Å². The molecule has 0 atom stereocenters. The van der Waals surface area contributed by atoms with Crippen LogP contribution >= 0.6 is 0 Å². The minimum Gasteiger partial charge on any atom is -0.489 e. The molecule has 0 aromatic heterocycles. The Morgan fingerprint density at radius 3 is 2.44 bits per heavy atom. The number of amides is 2. The number of hydrogen-bond acceptors (Lipinski definition) is 3. The van der Waals surface area contributed by atoms with Gasteiger partial charge in [0, 0.05) is 12.6 Å². The quantitative estimate of drug-likeness (QED) is 0.835. The standard InChI is InChI=1S/C18H18F2N2O3/c1-22(10-11-25-16-5-3-2-4-15(16)20)17(23)12-21-18(24)13-6-8-14(19)9-7-13/h2-9H,10-12H2,1H3,(H,21,24). The Kier molecular flexibility index (Phi) is 6.45. The van der Waals surface area contributed by atoms with Gasteiger partial charge < -0.3 is 15.0 Å². The molecule has 2 amide bonds. The summed E-state index contributed by atoms with van der Waals surface area (Å²) in [6, 6.07) is 11.0. The lowest BCUT2D eigenvalue weighted by Crippen LogP contribution is -2.39. The van der Waals surface area contributed by atoms with Crippen LogP contribution in [0.4, 0.5) is 8.78 Å². The molecule has 0 heterocycles. The van der Waals surface area contributed by atoms with Crippen molar-refractivity contribution in [3.8, 4) is 5.75 Å². The fraction of sp³-hybridized carbons (Fsp3) is 0.222. The number of carbonyl (C=O) groups is 2. The summed E-state index contributed by atoms with van der Waals surface area (Å²) in [4.78, 5) is 25.2. The third-order valence-corrected chi connectivity index (χ3v) is 3.45. The van der Waals surface area contributed by atoms with Crippen LogP contribution in [0.15, 0.2) is 48.5 Å². The van der Waals surface area contributed by atoms with Crippen LogP contribution in [0.1, 0.15) is 10.4 Å². The molecule has 2 rings (SSSR count). The van der Waals surface area contributed by atoms with Crippen LogP contribution in [0.2, 0.25) is 0 Å². The summed E-state index contributed by atoms with van der Waals surface area (Å²) in [7, 11) is 1.55. The third-order valence-electron chi connectivity index (χ3n) is 3.45. The van der Waals surface area contributed by atoms with Crippen LogP contribution in [0.3, 0.4) is 0 Å². The van der Waals surface area contributed by atoms with Crippen LogP contribution in [0, 0.1) is 11.6 Å². The van der Waals surface area contributed by atoms with E-state index in [9.17, 15) is 18.4 Å². The average Bonchev–Trinajstić information content (AvgIpc) is 2.61. The van der Waals surface area contributed by atoms with Crippen LogP contribution < -0.4 is 10.1 Å². The summed E-state index contributed by atoms with van der Waals surface area (Å²) in [5, 5.41) is 2.46. The van der Waals surface area contributed by atoms with Gasteiger partial charge in [0.25, 0.3) is 5.91 Å². The molecule has 0 radical (unpaired) electrons. The SMILES string of the molecule is CN(CCOc1ccccc1F)C(=O)CNC(=O)c1ccc(F)cc1. The van der Waals surface area contributed by atoms with E-state index in [2.05, 4.69) is 5.32 Å². The van der Waals surface area contributed by atoms with Crippen molar-refractivity contribution in [1.82, 2.24) is 10.2 Å². The molecular weight excluding hydrogens is 330 g/mol. The van der Waals surface area contributed by atoms with Crippen LogP contribution in [-0.2, 0) is 4.79 Å². The van der Waals surface area contributed by atoms with E-state index in [0.717, 1.165) is 0 Å². The lowest BCUT2D eigenvalue weighted by Gasteiger charge is -2.18. The maximum absolute atomic E-state index is 13.4. The highest BCUT2D eigenvalue weighted by atomic mass is 19.1. The van der Waals surface area contributed by atoms with Gasteiger partial charge in [0.05, 0.1) is 13.1 Å². The Labute approximate surface area is 144 Å². The van der Waals surface area contributed by atoms with Gasteiger partial charge in [-0.2, -0.15) is 0 Å². The monoisotopic (exact) mass is 348 g/mol. The fourth-order valence-corrected chi connectivity index (χ4v) is 1.97. The molecule has 132 valence electrons. The third kappa shape index (κ3) is 5.56. The number of ether oxygens (including phenoxy) is 1. The molecule has 0 aliphatic heterocycles. The van der Waals surface area contributed by atoms with E-state index in [4.69, 9.17) is 4.74 Å². The molecule has 25 heavy (non-hydrogen) atoms. The largest absolute Gasteiger partial charge is 0.489 e. The van der Waals surface area contributed by atoms with Gasteiger partial charge in [-0.1, -0.05) is 12.1 Å². The number of nitrogens with one attached hydrogen (secondary N) is 1. The van der Waals surface area contributed by atoms with Crippen LogP contribution in [-0.4, -0.2) is 43.5 Å². The highest BCUT2D eigenvalue weighted by Gasteiger charge is 2.12. The first-order chi connectivity index (χ1) is 12.0. The molecule has 7 heteroatoms. The molecule has 0 spiro atoms. The number of rotatable bonds is 7. The molecule has 2 aromatic rings. The Morgan fingerprint density at radius 1 is 1.08 bits per heavy atom. The number of hydrogen-bond donors (Lipinski definition) is 1. The second-order valence-corrected chi connectivity index (χ2v) is 5.28. The van der Waals surface area contributed by atoms with Crippen molar-refractivity contribution in [2.75, 3.05) is 26.7 Å². The lowest BCUT2D eigenvalue weighted by atomic mass is 10.2. The van der Waals surface area contributed by atoms with Crippen LogP contribution in [0.5, 0.6) is 5.75 Å². The highest BCUT2D eigenvalue weighted by molar-refractivity contribution is 5.96. The Morgan fingerprint density at radius 2 is 1.76 bits per heavy atom. The van der Waals surface area contributed by atoms with Crippen molar-refractivity contribution in [1.29, 1.82) is 0 Å². The highest BCUT2D eigenvalue weighted by Crippen LogP contribution is 2.14. The van der Waals surface area contributed by atoms with Gasteiger partial charge >= 0.3 is 0 Å². The van der Waals surface area contributed by atoms with Crippen molar-refractivity contribution < 1.29 is 23.1 Å². The number of para-hydroxylation sites is 1. The Balaban J connectivity index is 1.73. The Hall–Kier alpha value is -2.96. The summed E-state index contributed by atoms with van der Waals surface area (Å²) < 4.78 is 31.5. The molecule has 0 fully saturated rings. The fourth-order valence-electron chi connectivity index (χ4n) is 1.97. The summed E-state index contributed by atoms with van der Waals surface area (Å²) in [6.07, 6.45) is 0. The zero-order chi connectivity index (χ0) is 18.2. The normalized spacial score (nSPS) is 10.2. The molecule has 0 aliphatic rings.